The van der Waals surface area contributed by atoms with Gasteiger partial charge in [-0.25, -0.2) is 0 Å². The van der Waals surface area contributed by atoms with Crippen molar-refractivity contribution < 1.29 is 39.3 Å². The number of hydrogen-bond donors (Lipinski definition) is 0. The van der Waals surface area contributed by atoms with Crippen LogP contribution in [-0.4, -0.2) is 11.9 Å². The molecule has 0 fully saturated rings. The molecule has 0 spiro atoms. The molecule has 2 rings (SSSR count). The van der Waals surface area contributed by atoms with E-state index >= 15 is 0 Å². The Kier molecular flexibility index (Phi) is 11.1. The summed E-state index contributed by atoms with van der Waals surface area (Å²) in [5.74, 6) is -2.26. The zero-order valence-electron chi connectivity index (χ0n) is 10.1. The Labute approximate surface area is 130 Å². The number of hydrogen-bond acceptors (Lipinski definition) is 4. The number of benzene rings is 2. The molecule has 5 heteroatoms. The van der Waals surface area contributed by atoms with Crippen molar-refractivity contribution in [2.75, 3.05) is 0 Å². The van der Waals surface area contributed by atoms with Crippen LogP contribution in [0.1, 0.15) is 28.1 Å². The van der Waals surface area contributed by atoms with Crippen molar-refractivity contribution in [1.29, 1.82) is 0 Å². The van der Waals surface area contributed by atoms with E-state index < -0.39 is 11.9 Å². The summed E-state index contributed by atoms with van der Waals surface area (Å²) in [6, 6.07) is 16.1. The Bertz CT molecular complexity index is 462. The minimum Gasteiger partial charge on any atom is -0.545 e. The second-order valence-electron chi connectivity index (χ2n) is 3.31. The van der Waals surface area contributed by atoms with Gasteiger partial charge in [-0.05, 0) is 11.1 Å². The predicted octanol–water partition coefficient (Wildman–Crippen LogP) is 0.734. The van der Waals surface area contributed by atoms with Crippen molar-refractivity contribution >= 4 is 11.9 Å². The van der Waals surface area contributed by atoms with Gasteiger partial charge in [0.2, 0.25) is 0 Å². The van der Waals surface area contributed by atoms with Crippen LogP contribution in [0, 0.1) is 0 Å². The summed E-state index contributed by atoms with van der Waals surface area (Å²) in [6.45, 7) is 0. The molecular weight excluding hydrogens is 310 g/mol. The van der Waals surface area contributed by atoms with Crippen LogP contribution >= 0.6 is 0 Å². The monoisotopic (exact) mass is 322 g/mol. The molecule has 0 aliphatic rings. The van der Waals surface area contributed by atoms with Crippen LogP contribution in [0.2, 0.25) is 0 Å². The van der Waals surface area contributed by atoms with E-state index in [1.807, 2.05) is 0 Å². The Balaban J connectivity index is 0. The maximum absolute atomic E-state index is 10.1. The summed E-state index contributed by atoms with van der Waals surface area (Å²) >= 11 is 0. The van der Waals surface area contributed by atoms with Crippen molar-refractivity contribution in [2.45, 2.75) is 7.43 Å². The van der Waals surface area contributed by atoms with Gasteiger partial charge in [-0.3, -0.25) is 0 Å². The maximum Gasteiger partial charge on any atom is 2.00 e. The fourth-order valence-corrected chi connectivity index (χ4v) is 1.15. The van der Waals surface area contributed by atoms with E-state index in [0.29, 0.717) is 0 Å². The van der Waals surface area contributed by atoms with E-state index in [4.69, 9.17) is 0 Å². The molecule has 0 saturated carbocycles. The Morgan fingerprint density at radius 2 is 0.900 bits per heavy atom. The standard InChI is InChI=1S/2C7H6O2.CH4.Zn/c2*8-7(9)6-4-2-1-3-5-6;;/h2*1-5H,(H,8,9);1H4;/q;;;+2/p-2. The third-order valence-corrected chi connectivity index (χ3v) is 2.02. The molecule has 0 aliphatic carbocycles. The van der Waals surface area contributed by atoms with E-state index in [-0.39, 0.29) is 38.0 Å². The third-order valence-electron chi connectivity index (χ3n) is 2.02. The summed E-state index contributed by atoms with van der Waals surface area (Å²) in [5.41, 5.74) is 0.440. The molecule has 0 unspecified atom stereocenters. The van der Waals surface area contributed by atoms with Gasteiger partial charge in [0.15, 0.2) is 0 Å². The molecule has 0 saturated heterocycles. The topological polar surface area (TPSA) is 80.3 Å². The van der Waals surface area contributed by atoms with Crippen LogP contribution in [-0.2, 0) is 19.5 Å². The van der Waals surface area contributed by atoms with Gasteiger partial charge in [0, 0.05) is 0 Å². The Morgan fingerprint density at radius 1 is 0.650 bits per heavy atom. The van der Waals surface area contributed by atoms with E-state index in [2.05, 4.69) is 0 Å². The van der Waals surface area contributed by atoms with Crippen LogP contribution in [0.3, 0.4) is 0 Å². The molecule has 2 aromatic carbocycles. The van der Waals surface area contributed by atoms with Crippen molar-refractivity contribution in [1.82, 2.24) is 0 Å². The second kappa shape index (κ2) is 10.9. The molecule has 2 aromatic rings. The fraction of sp³-hybridized carbons (Fsp3) is 0.0667. The number of carbonyl (C=O) groups is 2. The molecule has 0 radical (unpaired) electrons. The normalized spacial score (nSPS) is 8.00. The molecule has 0 aromatic heterocycles. The molecule has 20 heavy (non-hydrogen) atoms. The number of aromatic carboxylic acids is 2. The second-order valence-corrected chi connectivity index (χ2v) is 3.31. The van der Waals surface area contributed by atoms with Crippen molar-refractivity contribution in [3.63, 3.8) is 0 Å². The molecule has 0 aliphatic heterocycles. The molecule has 0 N–H and O–H groups in total. The molecule has 100 valence electrons. The predicted molar refractivity (Wildman–Crippen MR) is 68.3 cm³/mol. The van der Waals surface area contributed by atoms with Crippen LogP contribution in [0.4, 0.5) is 0 Å². The fourth-order valence-electron chi connectivity index (χ4n) is 1.15. The van der Waals surface area contributed by atoms with Gasteiger partial charge < -0.3 is 19.8 Å². The van der Waals surface area contributed by atoms with E-state index in [0.717, 1.165) is 0 Å². The Morgan fingerprint density at radius 3 is 1.05 bits per heavy atom. The average molecular weight is 324 g/mol. The molecule has 0 bridgehead atoms. The summed E-state index contributed by atoms with van der Waals surface area (Å²) in [4.78, 5) is 20.2. The van der Waals surface area contributed by atoms with Gasteiger partial charge in [-0.1, -0.05) is 68.1 Å². The smallest absolute Gasteiger partial charge is 0.545 e. The summed E-state index contributed by atoms with van der Waals surface area (Å²) in [6.07, 6.45) is 0. The minimum atomic E-state index is -1.13. The largest absolute Gasteiger partial charge is 2.00 e. The first-order valence-corrected chi connectivity index (χ1v) is 5.14. The first-order valence-electron chi connectivity index (χ1n) is 5.14. The maximum atomic E-state index is 10.1. The van der Waals surface area contributed by atoms with Gasteiger partial charge >= 0.3 is 19.5 Å². The van der Waals surface area contributed by atoms with Crippen LogP contribution in [0.25, 0.3) is 0 Å². The average Bonchev–Trinajstić information content (AvgIpc) is 2.41. The van der Waals surface area contributed by atoms with Crippen molar-refractivity contribution in [2.24, 2.45) is 0 Å². The summed E-state index contributed by atoms with van der Waals surface area (Å²) in [5, 5.41) is 20.2. The van der Waals surface area contributed by atoms with E-state index in [9.17, 15) is 19.8 Å². The molecule has 4 nitrogen and oxygen atoms in total. The summed E-state index contributed by atoms with van der Waals surface area (Å²) in [7, 11) is 0. The quantitative estimate of drug-likeness (QED) is 0.763. The number of rotatable bonds is 2. The van der Waals surface area contributed by atoms with Gasteiger partial charge in [0.1, 0.15) is 0 Å². The van der Waals surface area contributed by atoms with Crippen molar-refractivity contribution in [3.05, 3.63) is 71.8 Å². The van der Waals surface area contributed by atoms with Gasteiger partial charge in [0.05, 0.1) is 11.9 Å². The third kappa shape index (κ3) is 7.44. The van der Waals surface area contributed by atoms with Gasteiger partial charge in [-0.15, -0.1) is 0 Å². The zero-order valence-corrected chi connectivity index (χ0v) is 13.1. The molecule has 0 heterocycles. The first kappa shape index (κ1) is 20.3. The summed E-state index contributed by atoms with van der Waals surface area (Å²) < 4.78 is 0. The Hall–Kier alpha value is -2.00. The van der Waals surface area contributed by atoms with Crippen LogP contribution in [0.5, 0.6) is 0 Å². The number of carboxylic acids is 2. The van der Waals surface area contributed by atoms with Crippen LogP contribution < -0.4 is 10.2 Å². The van der Waals surface area contributed by atoms with E-state index in [1.54, 1.807) is 36.4 Å². The molecule has 0 amide bonds. The van der Waals surface area contributed by atoms with Crippen LogP contribution in [0.15, 0.2) is 60.7 Å². The van der Waals surface area contributed by atoms with Crippen molar-refractivity contribution in [3.8, 4) is 0 Å². The number of carboxylic acid groups (broad SMARTS) is 2. The first-order chi connectivity index (χ1) is 8.61. The van der Waals surface area contributed by atoms with E-state index in [1.165, 1.54) is 24.3 Å². The number of carbonyl (C=O) groups excluding carboxylic acids is 2. The van der Waals surface area contributed by atoms with Gasteiger partial charge in [-0.2, -0.15) is 0 Å². The van der Waals surface area contributed by atoms with Gasteiger partial charge in [0.25, 0.3) is 0 Å². The molecular formula is C15H14O4Zn. The zero-order chi connectivity index (χ0) is 13.4. The SMILES string of the molecule is C.O=C([O-])c1ccccc1.O=C([O-])c1ccccc1.[Zn+2]. The minimum absolute atomic E-state index is 0. The molecule has 0 atom stereocenters.